The zero-order valence-corrected chi connectivity index (χ0v) is 13.9. The molecular weight excluding hydrogens is 270 g/mol. The van der Waals surface area contributed by atoms with Crippen molar-refractivity contribution in [3.8, 4) is 0 Å². The Hall–Kier alpha value is -1.10. The molecule has 2 rings (SSSR count). The Kier molecular flexibility index (Phi) is 4.68. The standard InChI is InChI=1S/C15H25N3OS/c1-11-8-13(12(2)19-11)9-17-14(16-5)18-6-7-20-15(3,4)10-18/h8H,6-7,9-10H2,1-5H3,(H,16,17). The second-order valence-corrected chi connectivity index (χ2v) is 7.67. The van der Waals surface area contributed by atoms with E-state index >= 15 is 0 Å². The fraction of sp³-hybridized carbons (Fsp3) is 0.667. The minimum atomic E-state index is 0.290. The Morgan fingerprint density at radius 2 is 2.25 bits per heavy atom. The summed E-state index contributed by atoms with van der Waals surface area (Å²) in [7, 11) is 1.85. The van der Waals surface area contributed by atoms with Crippen molar-refractivity contribution in [1.82, 2.24) is 10.2 Å². The third-order valence-electron chi connectivity index (χ3n) is 3.52. The number of rotatable bonds is 2. The molecule has 1 fully saturated rings. The topological polar surface area (TPSA) is 40.8 Å². The van der Waals surface area contributed by atoms with E-state index in [1.54, 1.807) is 0 Å². The molecule has 1 aromatic rings. The van der Waals surface area contributed by atoms with Gasteiger partial charge in [-0.2, -0.15) is 11.8 Å². The Bertz CT molecular complexity index is 493. The summed E-state index contributed by atoms with van der Waals surface area (Å²) in [4.78, 5) is 6.77. The number of thioether (sulfide) groups is 1. The van der Waals surface area contributed by atoms with Crippen molar-refractivity contribution in [3.05, 3.63) is 23.2 Å². The van der Waals surface area contributed by atoms with Crippen LogP contribution < -0.4 is 5.32 Å². The molecule has 1 saturated heterocycles. The van der Waals surface area contributed by atoms with Gasteiger partial charge in [-0.25, -0.2) is 0 Å². The largest absolute Gasteiger partial charge is 0.466 e. The number of hydrogen-bond donors (Lipinski definition) is 1. The third-order valence-corrected chi connectivity index (χ3v) is 4.81. The maximum Gasteiger partial charge on any atom is 0.193 e. The summed E-state index contributed by atoms with van der Waals surface area (Å²) in [6, 6.07) is 2.09. The van der Waals surface area contributed by atoms with Gasteiger partial charge in [0.25, 0.3) is 0 Å². The van der Waals surface area contributed by atoms with Crippen LogP contribution in [0.3, 0.4) is 0 Å². The van der Waals surface area contributed by atoms with E-state index in [2.05, 4.69) is 35.1 Å². The number of furan rings is 1. The van der Waals surface area contributed by atoms with Gasteiger partial charge in [0, 0.05) is 42.7 Å². The lowest BCUT2D eigenvalue weighted by atomic mass is 10.2. The van der Waals surface area contributed by atoms with Crippen molar-refractivity contribution in [2.75, 3.05) is 25.9 Å². The molecule has 4 nitrogen and oxygen atoms in total. The fourth-order valence-corrected chi connectivity index (χ4v) is 3.67. The molecule has 2 heterocycles. The maximum atomic E-state index is 5.56. The van der Waals surface area contributed by atoms with Crippen molar-refractivity contribution >= 4 is 17.7 Å². The van der Waals surface area contributed by atoms with Crippen LogP contribution in [0.1, 0.15) is 30.9 Å². The van der Waals surface area contributed by atoms with Crippen LogP contribution in [0, 0.1) is 13.8 Å². The van der Waals surface area contributed by atoms with Crippen molar-refractivity contribution in [2.45, 2.75) is 39.0 Å². The minimum absolute atomic E-state index is 0.290. The predicted molar refractivity (Wildman–Crippen MR) is 86.5 cm³/mol. The Morgan fingerprint density at radius 1 is 1.50 bits per heavy atom. The number of nitrogens with zero attached hydrogens (tertiary/aromatic N) is 2. The summed E-state index contributed by atoms with van der Waals surface area (Å²) in [6.07, 6.45) is 0. The summed E-state index contributed by atoms with van der Waals surface area (Å²) in [5.74, 6) is 4.08. The molecule has 0 saturated carbocycles. The van der Waals surface area contributed by atoms with Gasteiger partial charge < -0.3 is 14.6 Å². The smallest absolute Gasteiger partial charge is 0.193 e. The first kappa shape index (κ1) is 15.3. The van der Waals surface area contributed by atoms with E-state index in [1.165, 1.54) is 5.56 Å². The van der Waals surface area contributed by atoms with Crippen LogP contribution >= 0.6 is 11.8 Å². The van der Waals surface area contributed by atoms with Crippen LogP contribution in [0.4, 0.5) is 0 Å². The highest BCUT2D eigenvalue weighted by molar-refractivity contribution is 8.00. The van der Waals surface area contributed by atoms with Crippen LogP contribution in [-0.4, -0.2) is 41.5 Å². The quantitative estimate of drug-likeness (QED) is 0.673. The van der Waals surface area contributed by atoms with E-state index in [4.69, 9.17) is 4.42 Å². The molecule has 0 spiro atoms. The lowest BCUT2D eigenvalue weighted by molar-refractivity contribution is 0.375. The van der Waals surface area contributed by atoms with Crippen LogP contribution in [0.15, 0.2) is 15.5 Å². The first-order chi connectivity index (χ1) is 9.41. The molecule has 20 heavy (non-hydrogen) atoms. The van der Waals surface area contributed by atoms with Gasteiger partial charge in [-0.05, 0) is 33.8 Å². The van der Waals surface area contributed by atoms with Crippen LogP contribution in [0.5, 0.6) is 0 Å². The van der Waals surface area contributed by atoms with Gasteiger partial charge in [0.15, 0.2) is 5.96 Å². The highest BCUT2D eigenvalue weighted by Crippen LogP contribution is 2.29. The van der Waals surface area contributed by atoms with E-state index in [-0.39, 0.29) is 4.75 Å². The predicted octanol–water partition coefficient (Wildman–Crippen LogP) is 2.80. The average Bonchev–Trinajstić information content (AvgIpc) is 2.67. The number of nitrogens with one attached hydrogen (secondary N) is 1. The van der Waals surface area contributed by atoms with E-state index in [0.29, 0.717) is 0 Å². The molecule has 0 atom stereocenters. The first-order valence-electron chi connectivity index (χ1n) is 7.07. The number of aryl methyl sites for hydroxylation is 2. The van der Waals surface area contributed by atoms with Gasteiger partial charge in [0.1, 0.15) is 11.5 Å². The summed E-state index contributed by atoms with van der Waals surface area (Å²) >= 11 is 2.03. The SMILES string of the molecule is CN=C(NCc1cc(C)oc1C)N1CCSC(C)(C)C1. The molecule has 0 unspecified atom stereocenters. The zero-order chi connectivity index (χ0) is 14.8. The average molecular weight is 295 g/mol. The summed E-state index contributed by atoms with van der Waals surface area (Å²) in [5, 5.41) is 3.45. The van der Waals surface area contributed by atoms with Crippen LogP contribution in [0.2, 0.25) is 0 Å². The van der Waals surface area contributed by atoms with Gasteiger partial charge in [0.05, 0.1) is 0 Å². The highest BCUT2D eigenvalue weighted by Gasteiger charge is 2.28. The van der Waals surface area contributed by atoms with E-state index in [9.17, 15) is 0 Å². The molecule has 1 aliphatic rings. The zero-order valence-electron chi connectivity index (χ0n) is 13.1. The number of guanidine groups is 1. The Morgan fingerprint density at radius 3 is 2.80 bits per heavy atom. The Labute approximate surface area is 126 Å². The molecule has 5 heteroatoms. The van der Waals surface area contributed by atoms with Gasteiger partial charge in [-0.1, -0.05) is 0 Å². The molecule has 1 aromatic heterocycles. The molecule has 0 aromatic carbocycles. The minimum Gasteiger partial charge on any atom is -0.466 e. The molecule has 1 aliphatic heterocycles. The molecule has 0 aliphatic carbocycles. The van der Waals surface area contributed by atoms with Gasteiger partial charge >= 0.3 is 0 Å². The Balaban J connectivity index is 1.98. The molecule has 1 N–H and O–H groups in total. The van der Waals surface area contributed by atoms with Crippen molar-refractivity contribution in [3.63, 3.8) is 0 Å². The second kappa shape index (κ2) is 6.12. The lowest BCUT2D eigenvalue weighted by Gasteiger charge is -2.39. The second-order valence-electron chi connectivity index (χ2n) is 5.87. The maximum absolute atomic E-state index is 5.56. The molecule has 0 amide bonds. The van der Waals surface area contributed by atoms with Crippen molar-refractivity contribution in [2.24, 2.45) is 4.99 Å². The monoisotopic (exact) mass is 295 g/mol. The van der Waals surface area contributed by atoms with Crippen LogP contribution in [-0.2, 0) is 6.54 Å². The number of hydrogen-bond acceptors (Lipinski definition) is 3. The molecule has 0 radical (unpaired) electrons. The van der Waals surface area contributed by atoms with Gasteiger partial charge in [0.2, 0.25) is 0 Å². The summed E-state index contributed by atoms with van der Waals surface area (Å²) in [5.41, 5.74) is 1.20. The van der Waals surface area contributed by atoms with E-state index in [0.717, 1.165) is 42.9 Å². The first-order valence-corrected chi connectivity index (χ1v) is 8.05. The van der Waals surface area contributed by atoms with Gasteiger partial charge in [-0.3, -0.25) is 4.99 Å². The number of aliphatic imine (C=N–C) groups is 1. The van der Waals surface area contributed by atoms with Gasteiger partial charge in [-0.15, -0.1) is 0 Å². The molecular formula is C15H25N3OS. The normalized spacial score (nSPS) is 19.2. The highest BCUT2D eigenvalue weighted by atomic mass is 32.2. The van der Waals surface area contributed by atoms with E-state index in [1.807, 2.05) is 32.7 Å². The van der Waals surface area contributed by atoms with Crippen molar-refractivity contribution < 1.29 is 4.42 Å². The molecule has 0 bridgehead atoms. The summed E-state index contributed by atoms with van der Waals surface area (Å²) in [6.45, 7) is 11.4. The van der Waals surface area contributed by atoms with Crippen LogP contribution in [0.25, 0.3) is 0 Å². The lowest BCUT2D eigenvalue weighted by Crippen LogP contribution is -2.50. The van der Waals surface area contributed by atoms with Crippen molar-refractivity contribution in [1.29, 1.82) is 0 Å². The third kappa shape index (κ3) is 3.72. The molecule has 112 valence electrons. The fourth-order valence-electron chi connectivity index (χ4n) is 2.56. The van der Waals surface area contributed by atoms with E-state index < -0.39 is 0 Å². The summed E-state index contributed by atoms with van der Waals surface area (Å²) < 4.78 is 5.85.